The molecule has 1 saturated carbocycles. The number of hydrogen-bond acceptors (Lipinski definition) is 8. The fraction of sp³-hybridized carbons (Fsp3) is 0.448. The Morgan fingerprint density at radius 3 is 2.39 bits per heavy atom. The summed E-state index contributed by atoms with van der Waals surface area (Å²) in [6, 6.07) is 9.04. The van der Waals surface area contributed by atoms with E-state index in [0.717, 1.165) is 41.7 Å². The maximum Gasteiger partial charge on any atom is 0.270 e. The van der Waals surface area contributed by atoms with Gasteiger partial charge in [-0.2, -0.15) is 0 Å². The second kappa shape index (κ2) is 10.3. The van der Waals surface area contributed by atoms with Crippen molar-refractivity contribution in [3.63, 3.8) is 0 Å². The van der Waals surface area contributed by atoms with Gasteiger partial charge in [0, 0.05) is 52.8 Å². The number of rotatable bonds is 7. The van der Waals surface area contributed by atoms with E-state index in [0.29, 0.717) is 36.8 Å². The van der Waals surface area contributed by atoms with Crippen LogP contribution in [0.4, 0.5) is 5.82 Å². The van der Waals surface area contributed by atoms with E-state index in [4.69, 9.17) is 14.0 Å². The number of amides is 1. The number of benzene rings is 2. The fourth-order valence-electron chi connectivity index (χ4n) is 6.32. The van der Waals surface area contributed by atoms with Crippen LogP contribution in [-0.4, -0.2) is 76.2 Å². The molecule has 0 bridgehead atoms. The number of nitrogens with zero attached hydrogens (tertiary/aromatic N) is 3. The van der Waals surface area contributed by atoms with Gasteiger partial charge in [-0.15, -0.1) is 0 Å². The monoisotopic (exact) mass is 644 g/mol. The smallest absolute Gasteiger partial charge is 0.270 e. The summed E-state index contributed by atoms with van der Waals surface area (Å²) in [6.07, 6.45) is 1.62. The summed E-state index contributed by atoms with van der Waals surface area (Å²) in [4.78, 5) is 17.2. The van der Waals surface area contributed by atoms with E-state index in [1.807, 2.05) is 12.1 Å². The van der Waals surface area contributed by atoms with Crippen molar-refractivity contribution < 1.29 is 27.2 Å². The molecule has 2 atom stereocenters. The first-order chi connectivity index (χ1) is 19.6. The lowest BCUT2D eigenvalue weighted by atomic mass is 9.78. The van der Waals surface area contributed by atoms with Crippen molar-refractivity contribution in [1.82, 2.24) is 15.0 Å². The lowest BCUT2D eigenvalue weighted by Crippen LogP contribution is -2.48. The van der Waals surface area contributed by atoms with Crippen molar-refractivity contribution in [3.8, 4) is 22.8 Å². The van der Waals surface area contributed by atoms with Crippen molar-refractivity contribution in [1.29, 1.82) is 0 Å². The Bertz CT molecular complexity index is 1610. The van der Waals surface area contributed by atoms with Crippen LogP contribution in [0.15, 0.2) is 44.2 Å². The molecular formula is C29H33BrN4O6S. The van der Waals surface area contributed by atoms with Crippen LogP contribution < -0.4 is 14.2 Å². The van der Waals surface area contributed by atoms with Crippen molar-refractivity contribution >= 4 is 37.7 Å². The number of anilines is 1. The molecule has 12 heteroatoms. The molecule has 2 fully saturated rings. The molecule has 3 aromatic rings. The minimum Gasteiger partial charge on any atom is -0.495 e. The quantitative estimate of drug-likeness (QED) is 0.399. The number of carbonyl (C=O) groups is 1. The zero-order valence-electron chi connectivity index (χ0n) is 23.5. The maximum atomic E-state index is 13.9. The summed E-state index contributed by atoms with van der Waals surface area (Å²) in [7, 11) is -1.52. The van der Waals surface area contributed by atoms with Gasteiger partial charge in [-0.1, -0.05) is 41.0 Å². The van der Waals surface area contributed by atoms with Gasteiger partial charge in [-0.25, -0.2) is 8.42 Å². The molecule has 2 aromatic carbocycles. The van der Waals surface area contributed by atoms with Gasteiger partial charge in [0.2, 0.25) is 0 Å². The van der Waals surface area contributed by atoms with E-state index in [1.165, 1.54) is 31.9 Å². The van der Waals surface area contributed by atoms with Gasteiger partial charge >= 0.3 is 0 Å². The zero-order chi connectivity index (χ0) is 29.1. The summed E-state index contributed by atoms with van der Waals surface area (Å²) in [5, 5.41) is 4.16. The summed E-state index contributed by atoms with van der Waals surface area (Å²) in [5.74, 6) is 0.963. The van der Waals surface area contributed by atoms with Crippen LogP contribution >= 0.6 is 15.9 Å². The molecule has 1 saturated heterocycles. The normalized spacial score (nSPS) is 21.8. The van der Waals surface area contributed by atoms with E-state index in [-0.39, 0.29) is 33.5 Å². The Morgan fingerprint density at radius 2 is 1.80 bits per heavy atom. The molecule has 1 aromatic heterocycles. The van der Waals surface area contributed by atoms with E-state index < -0.39 is 10.0 Å². The third-order valence-electron chi connectivity index (χ3n) is 8.81. The van der Waals surface area contributed by atoms with Crippen LogP contribution in [0, 0.1) is 5.92 Å². The first kappa shape index (κ1) is 28.0. The van der Waals surface area contributed by atoms with Gasteiger partial charge in [-0.05, 0) is 55.1 Å². The average molecular weight is 646 g/mol. The molecule has 41 heavy (non-hydrogen) atoms. The Morgan fingerprint density at radius 1 is 1.15 bits per heavy atom. The molecule has 2 aliphatic carbocycles. The van der Waals surface area contributed by atoms with E-state index in [9.17, 15) is 13.2 Å². The topological polar surface area (TPSA) is 114 Å². The predicted molar refractivity (Wildman–Crippen MR) is 157 cm³/mol. The van der Waals surface area contributed by atoms with Gasteiger partial charge in [0.1, 0.15) is 11.5 Å². The number of fused-ring (bicyclic) bond motifs is 4. The summed E-state index contributed by atoms with van der Waals surface area (Å²) in [6.45, 7) is 8.00. The van der Waals surface area contributed by atoms with Gasteiger partial charge < -0.3 is 23.8 Å². The first-order valence-electron chi connectivity index (χ1n) is 13.7. The van der Waals surface area contributed by atoms with Crippen molar-refractivity contribution in [2.45, 2.75) is 37.0 Å². The summed E-state index contributed by atoms with van der Waals surface area (Å²) < 4.78 is 48.1. The Labute approximate surface area is 248 Å². The third kappa shape index (κ3) is 4.69. The molecular weight excluding hydrogens is 612 g/mol. The lowest BCUT2D eigenvalue weighted by molar-refractivity contribution is 0.0642. The van der Waals surface area contributed by atoms with Crippen LogP contribution in [0.3, 0.4) is 0 Å². The molecule has 1 amide bonds. The van der Waals surface area contributed by atoms with Gasteiger partial charge in [0.25, 0.3) is 15.9 Å². The number of hydrogen-bond donors (Lipinski definition) is 1. The highest BCUT2D eigenvalue weighted by Crippen LogP contribution is 2.62. The van der Waals surface area contributed by atoms with Gasteiger partial charge in [-0.3, -0.25) is 9.52 Å². The number of carbonyl (C=O) groups excluding carboxylic acids is 1. The molecule has 6 rings (SSSR count). The van der Waals surface area contributed by atoms with Crippen LogP contribution in [0.1, 0.15) is 41.8 Å². The molecule has 10 nitrogen and oxygen atoms in total. The van der Waals surface area contributed by atoms with Crippen LogP contribution in [-0.2, 0) is 21.9 Å². The predicted octanol–water partition coefficient (Wildman–Crippen LogP) is 4.53. The molecule has 2 heterocycles. The molecule has 0 radical (unpaired) electrons. The third-order valence-corrected chi connectivity index (χ3v) is 10.7. The van der Waals surface area contributed by atoms with Crippen molar-refractivity contribution in [2.24, 2.45) is 5.92 Å². The largest absolute Gasteiger partial charge is 0.495 e. The number of halogens is 1. The summed E-state index contributed by atoms with van der Waals surface area (Å²) in [5.41, 5.74) is 3.06. The van der Waals surface area contributed by atoms with Crippen molar-refractivity contribution in [3.05, 3.63) is 51.5 Å². The van der Waals surface area contributed by atoms with Gasteiger partial charge in [0.05, 0.1) is 14.2 Å². The second-order valence-corrected chi connectivity index (χ2v) is 13.5. The highest BCUT2D eigenvalue weighted by atomic mass is 79.9. The molecule has 3 aliphatic rings. The van der Waals surface area contributed by atoms with Crippen LogP contribution in [0.5, 0.6) is 11.5 Å². The summed E-state index contributed by atoms with van der Waals surface area (Å²) >= 11 is 3.55. The minimum absolute atomic E-state index is 0.00585. The van der Waals surface area contributed by atoms with Crippen LogP contribution in [0.25, 0.3) is 11.3 Å². The molecule has 1 N–H and O–H groups in total. The number of piperazine rings is 1. The lowest BCUT2D eigenvalue weighted by Gasteiger charge is -2.34. The fourth-order valence-corrected chi connectivity index (χ4v) is 8.01. The number of methoxy groups -OCH3 is 2. The zero-order valence-corrected chi connectivity index (χ0v) is 25.9. The highest BCUT2D eigenvalue weighted by molar-refractivity contribution is 9.10. The minimum atomic E-state index is -4.26. The highest BCUT2D eigenvalue weighted by Gasteiger charge is 2.56. The second-order valence-electron chi connectivity index (χ2n) is 11.0. The number of sulfonamides is 1. The van der Waals surface area contributed by atoms with Crippen LogP contribution in [0.2, 0.25) is 0 Å². The number of aromatic nitrogens is 1. The SMILES string of the molecule is CCN1CCN(C(=O)c2cc(OC)c(S(=O)(=O)Nc3noc4c3C[C@@]3(C[C@@H]3C)c3ccc(Br)cc3-4)c(OC)c2)CC1. The maximum absolute atomic E-state index is 13.9. The number of ether oxygens (including phenoxy) is 2. The molecule has 0 unspecified atom stereocenters. The Hall–Kier alpha value is -3.09. The average Bonchev–Trinajstić information content (AvgIpc) is 3.44. The Kier molecular flexibility index (Phi) is 7.06. The van der Waals surface area contributed by atoms with Crippen molar-refractivity contribution in [2.75, 3.05) is 51.7 Å². The number of likely N-dealkylation sites (N-methyl/N-ethyl adjacent to an activating group) is 1. The first-order valence-corrected chi connectivity index (χ1v) is 16.0. The number of nitrogens with one attached hydrogen (secondary N) is 1. The Balaban J connectivity index is 1.34. The molecule has 1 aliphatic heterocycles. The van der Waals surface area contributed by atoms with E-state index in [2.05, 4.69) is 50.6 Å². The van der Waals surface area contributed by atoms with E-state index >= 15 is 0 Å². The molecule has 218 valence electrons. The standard InChI is InChI=1S/C29H33BrN4O6S/c1-5-33-8-10-34(11-9-33)28(35)18-12-23(38-3)26(24(13-18)39-4)41(36,37)32-27-21-16-29(15-17(29)2)22-7-6-19(30)14-20(22)25(21)40-31-27/h6-7,12-14,17H,5,8-11,15-16H2,1-4H3,(H,31,32)/t17-,29+/m0/s1. The van der Waals surface area contributed by atoms with E-state index in [1.54, 1.807) is 4.90 Å². The van der Waals surface area contributed by atoms with Gasteiger partial charge in [0.15, 0.2) is 16.5 Å². The molecule has 1 spiro atoms.